The number of primary amides is 1. The third kappa shape index (κ3) is 4.09. The number of hydrogen-bond donors (Lipinski definition) is 2. The maximum absolute atomic E-state index is 12.9. The molecule has 0 spiro atoms. The molecule has 142 valence electrons. The van der Waals surface area contributed by atoms with E-state index in [1.54, 1.807) is 37.3 Å². The molecule has 1 atom stereocenters. The zero-order chi connectivity index (χ0) is 20.1. The fraction of sp³-hybridized carbons (Fsp3) is 0.158. The number of imidazole rings is 1. The molecule has 0 saturated heterocycles. The van der Waals surface area contributed by atoms with E-state index >= 15 is 0 Å². The Morgan fingerprint density at radius 2 is 1.89 bits per heavy atom. The number of aryl methyl sites for hydroxylation is 1. The van der Waals surface area contributed by atoms with E-state index in [2.05, 4.69) is 20.3 Å². The molecule has 0 fully saturated rings. The molecule has 0 aliphatic carbocycles. The smallest absolute Gasteiger partial charge is 0.287 e. The largest absolute Gasteiger partial charge is 0.363 e. The van der Waals surface area contributed by atoms with Gasteiger partial charge in [-0.25, -0.2) is 15.0 Å². The minimum absolute atomic E-state index is 0.134. The van der Waals surface area contributed by atoms with E-state index in [4.69, 9.17) is 5.73 Å². The molecule has 9 heteroatoms. The number of nitrogens with two attached hydrogens (primary N) is 1. The lowest BCUT2D eigenvalue weighted by Crippen LogP contribution is -2.47. The molecule has 0 aliphatic rings. The zero-order valence-electron chi connectivity index (χ0n) is 15.1. The molecule has 1 aromatic carbocycles. The van der Waals surface area contributed by atoms with Crippen molar-refractivity contribution in [2.45, 2.75) is 19.4 Å². The molecule has 0 radical (unpaired) electrons. The van der Waals surface area contributed by atoms with Crippen LogP contribution in [0.1, 0.15) is 21.9 Å². The van der Waals surface area contributed by atoms with E-state index in [1.807, 2.05) is 6.07 Å². The second kappa shape index (κ2) is 8.21. The highest BCUT2D eigenvalue weighted by molar-refractivity contribution is 6.38. The first-order valence-corrected chi connectivity index (χ1v) is 8.46. The summed E-state index contributed by atoms with van der Waals surface area (Å²) in [5, 5.41) is 2.59. The second-order valence-corrected chi connectivity index (χ2v) is 6.04. The van der Waals surface area contributed by atoms with Crippen LogP contribution in [-0.2, 0) is 16.0 Å². The molecular weight excluding hydrogens is 360 g/mol. The molecule has 28 heavy (non-hydrogen) atoms. The normalized spacial score (nSPS) is 11.6. The van der Waals surface area contributed by atoms with E-state index in [1.165, 1.54) is 23.3 Å². The Hall–Kier alpha value is -3.88. The van der Waals surface area contributed by atoms with Crippen molar-refractivity contribution in [1.29, 1.82) is 0 Å². The number of nitrogens with zero attached hydrogens (tertiary/aromatic N) is 4. The van der Waals surface area contributed by atoms with Gasteiger partial charge in [-0.1, -0.05) is 30.3 Å². The molecule has 0 saturated carbocycles. The van der Waals surface area contributed by atoms with Crippen LogP contribution in [0.2, 0.25) is 0 Å². The summed E-state index contributed by atoms with van der Waals surface area (Å²) in [7, 11) is 0. The Balaban J connectivity index is 1.89. The minimum Gasteiger partial charge on any atom is -0.363 e. The predicted molar refractivity (Wildman–Crippen MR) is 99.5 cm³/mol. The van der Waals surface area contributed by atoms with Crippen LogP contribution in [0.3, 0.4) is 0 Å². The summed E-state index contributed by atoms with van der Waals surface area (Å²) in [5.74, 6) is -1.57. The van der Waals surface area contributed by atoms with Crippen LogP contribution in [0, 0.1) is 6.92 Å². The number of Topliss-reactive ketones (excluding diaryl/α,β-unsaturated/α-hetero) is 1. The van der Waals surface area contributed by atoms with Crippen LogP contribution >= 0.6 is 0 Å². The molecule has 9 nitrogen and oxygen atoms in total. The maximum atomic E-state index is 12.9. The first kappa shape index (κ1) is 18.9. The van der Waals surface area contributed by atoms with E-state index in [0.29, 0.717) is 11.6 Å². The highest BCUT2D eigenvalue weighted by Gasteiger charge is 2.27. The number of benzene rings is 1. The molecule has 2 heterocycles. The summed E-state index contributed by atoms with van der Waals surface area (Å²) in [6.07, 6.45) is 4.40. The quantitative estimate of drug-likeness (QED) is 0.571. The molecule has 3 rings (SSSR count). The molecule has 0 bridgehead atoms. The third-order valence-electron chi connectivity index (χ3n) is 4.11. The summed E-state index contributed by atoms with van der Waals surface area (Å²) in [6.45, 7) is 1.72. The Morgan fingerprint density at radius 1 is 1.14 bits per heavy atom. The van der Waals surface area contributed by atoms with Gasteiger partial charge in [-0.15, -0.1) is 0 Å². The van der Waals surface area contributed by atoms with Crippen LogP contribution in [-0.4, -0.2) is 43.2 Å². The highest BCUT2D eigenvalue weighted by atomic mass is 16.2. The SMILES string of the molecule is Cc1ncc(C(=O)NC(Cc2ccccc2)C(=O)C(N)=O)n1-c1ccncn1. The van der Waals surface area contributed by atoms with Crippen molar-refractivity contribution < 1.29 is 14.4 Å². The Kier molecular flexibility index (Phi) is 5.54. The van der Waals surface area contributed by atoms with Gasteiger partial charge in [0.25, 0.3) is 11.8 Å². The van der Waals surface area contributed by atoms with E-state index in [0.717, 1.165) is 5.56 Å². The Bertz CT molecular complexity index is 1000. The van der Waals surface area contributed by atoms with Crippen molar-refractivity contribution in [3.63, 3.8) is 0 Å². The standard InChI is InChI=1S/C19H18N6O3/c1-12-22-10-15(25(12)16-7-8-21-11-23-16)19(28)24-14(17(26)18(20)27)9-13-5-3-2-4-6-13/h2-8,10-11,14H,9H2,1H3,(H2,20,27)(H,24,28). The minimum atomic E-state index is -1.11. The lowest BCUT2D eigenvalue weighted by atomic mass is 10.0. The molecule has 3 N–H and O–H groups in total. The van der Waals surface area contributed by atoms with Crippen LogP contribution < -0.4 is 11.1 Å². The molecule has 3 aromatic rings. The van der Waals surface area contributed by atoms with Gasteiger partial charge >= 0.3 is 0 Å². The number of rotatable bonds is 7. The van der Waals surface area contributed by atoms with Crippen molar-refractivity contribution in [1.82, 2.24) is 24.8 Å². The Labute approximate surface area is 160 Å². The van der Waals surface area contributed by atoms with Crippen LogP contribution in [0.15, 0.2) is 55.1 Å². The lowest BCUT2D eigenvalue weighted by molar-refractivity contribution is -0.137. The van der Waals surface area contributed by atoms with Gasteiger partial charge in [0.2, 0.25) is 5.78 Å². The molecule has 0 aliphatic heterocycles. The van der Waals surface area contributed by atoms with E-state index in [-0.39, 0.29) is 12.1 Å². The summed E-state index contributed by atoms with van der Waals surface area (Å²) >= 11 is 0. The lowest BCUT2D eigenvalue weighted by Gasteiger charge is -2.17. The van der Waals surface area contributed by atoms with Crippen molar-refractivity contribution in [3.05, 3.63) is 72.2 Å². The molecular formula is C19H18N6O3. The van der Waals surface area contributed by atoms with Crippen LogP contribution in [0.25, 0.3) is 5.82 Å². The number of amides is 2. The average molecular weight is 378 g/mol. The van der Waals surface area contributed by atoms with Gasteiger partial charge < -0.3 is 11.1 Å². The summed E-state index contributed by atoms with van der Waals surface area (Å²) in [5.41, 5.74) is 6.11. The first-order valence-electron chi connectivity index (χ1n) is 8.46. The number of hydrogen-bond acceptors (Lipinski definition) is 6. The highest BCUT2D eigenvalue weighted by Crippen LogP contribution is 2.13. The van der Waals surface area contributed by atoms with Crippen molar-refractivity contribution >= 4 is 17.6 Å². The van der Waals surface area contributed by atoms with Gasteiger partial charge in [0, 0.05) is 12.6 Å². The van der Waals surface area contributed by atoms with Gasteiger partial charge in [-0.2, -0.15) is 0 Å². The van der Waals surface area contributed by atoms with Crippen molar-refractivity contribution in [2.24, 2.45) is 5.73 Å². The number of aromatic nitrogens is 4. The first-order chi connectivity index (χ1) is 13.5. The van der Waals surface area contributed by atoms with E-state index < -0.39 is 23.6 Å². The average Bonchev–Trinajstić information content (AvgIpc) is 3.09. The number of ketones is 1. The van der Waals surface area contributed by atoms with Gasteiger partial charge in [-0.05, 0) is 18.6 Å². The van der Waals surface area contributed by atoms with Gasteiger partial charge in [-0.3, -0.25) is 19.0 Å². The van der Waals surface area contributed by atoms with Gasteiger partial charge in [0.05, 0.1) is 6.20 Å². The topological polar surface area (TPSA) is 133 Å². The predicted octanol–water partition coefficient (Wildman–Crippen LogP) is 0.366. The summed E-state index contributed by atoms with van der Waals surface area (Å²) < 4.78 is 1.53. The van der Waals surface area contributed by atoms with E-state index in [9.17, 15) is 14.4 Å². The molecule has 2 aromatic heterocycles. The Morgan fingerprint density at radius 3 is 2.54 bits per heavy atom. The number of carbonyl (C=O) groups excluding carboxylic acids is 3. The van der Waals surface area contributed by atoms with Crippen molar-refractivity contribution in [2.75, 3.05) is 0 Å². The number of nitrogens with one attached hydrogen (secondary N) is 1. The van der Waals surface area contributed by atoms with Crippen LogP contribution in [0.4, 0.5) is 0 Å². The number of carbonyl (C=O) groups is 3. The van der Waals surface area contributed by atoms with Crippen molar-refractivity contribution in [3.8, 4) is 5.82 Å². The second-order valence-electron chi connectivity index (χ2n) is 6.04. The fourth-order valence-electron chi connectivity index (χ4n) is 2.77. The molecule has 2 amide bonds. The summed E-state index contributed by atoms with van der Waals surface area (Å²) in [6, 6.07) is 9.55. The van der Waals surface area contributed by atoms with Crippen LogP contribution in [0.5, 0.6) is 0 Å². The zero-order valence-corrected chi connectivity index (χ0v) is 15.1. The monoisotopic (exact) mass is 378 g/mol. The van der Waals surface area contributed by atoms with Gasteiger partial charge in [0.15, 0.2) is 0 Å². The third-order valence-corrected chi connectivity index (χ3v) is 4.11. The fourth-order valence-corrected chi connectivity index (χ4v) is 2.77. The molecule has 1 unspecified atom stereocenters. The maximum Gasteiger partial charge on any atom is 0.287 e. The van der Waals surface area contributed by atoms with Gasteiger partial charge in [0.1, 0.15) is 29.7 Å². The summed E-state index contributed by atoms with van der Waals surface area (Å²) in [4.78, 5) is 48.7.